The Morgan fingerprint density at radius 2 is 1.83 bits per heavy atom. The average molecular weight is 324 g/mol. The van der Waals surface area contributed by atoms with Crippen molar-refractivity contribution in [1.29, 1.82) is 0 Å². The van der Waals surface area contributed by atoms with Gasteiger partial charge in [0, 0.05) is 13.1 Å². The number of fused-ring (bicyclic) bond motifs is 6. The van der Waals surface area contributed by atoms with Crippen molar-refractivity contribution >= 4 is 34.2 Å². The molecule has 2 aliphatic heterocycles. The topological polar surface area (TPSA) is 33.1 Å². The maximum absolute atomic E-state index is 4.80. The lowest BCUT2D eigenvalue weighted by atomic mass is 10.2. The molecule has 1 unspecified atom stereocenters. The van der Waals surface area contributed by atoms with Gasteiger partial charge in [0.15, 0.2) is 10.7 Å². The third-order valence-electron chi connectivity index (χ3n) is 4.18. The van der Waals surface area contributed by atoms with Crippen molar-refractivity contribution in [1.82, 2.24) is 9.55 Å². The van der Waals surface area contributed by atoms with E-state index in [0.717, 1.165) is 23.8 Å². The molecule has 118 valence electrons. The van der Waals surface area contributed by atoms with E-state index in [4.69, 9.17) is 4.98 Å². The van der Waals surface area contributed by atoms with Gasteiger partial charge in [0.05, 0.1) is 22.4 Å². The molecule has 0 saturated carbocycles. The molecule has 5 rings (SSSR count). The molecule has 4 nitrogen and oxygen atoms in total. The summed E-state index contributed by atoms with van der Waals surface area (Å²) in [5, 5.41) is 4.70. The van der Waals surface area contributed by atoms with Crippen molar-refractivity contribution in [2.45, 2.75) is 31.0 Å². The molecular weight excluding hydrogens is 304 g/mol. The Kier molecular flexibility index (Phi) is 3.65. The molecule has 0 amide bonds. The molecule has 3 heterocycles. The summed E-state index contributed by atoms with van der Waals surface area (Å²) in [6.45, 7) is 5.96. The number of para-hydroxylation sites is 4. The molecule has 23 heavy (non-hydrogen) atoms. The molecule has 0 fully saturated rings. The van der Waals surface area contributed by atoms with E-state index in [-0.39, 0.29) is 5.50 Å². The molecule has 0 spiro atoms. The smallest absolute Gasteiger partial charge is 0.172 e. The Hall–Kier alpha value is -2.14. The first-order chi connectivity index (χ1) is 11.4. The van der Waals surface area contributed by atoms with Crippen LogP contribution in [-0.2, 0) is 6.54 Å². The van der Waals surface area contributed by atoms with Crippen molar-refractivity contribution in [3.05, 3.63) is 48.5 Å². The van der Waals surface area contributed by atoms with Gasteiger partial charge in [-0.1, -0.05) is 38.1 Å². The normalized spacial score (nSPS) is 18.2. The number of rotatable bonds is 0. The van der Waals surface area contributed by atoms with Gasteiger partial charge in [0.2, 0.25) is 0 Å². The Morgan fingerprint density at radius 3 is 2.74 bits per heavy atom. The van der Waals surface area contributed by atoms with Gasteiger partial charge in [0.1, 0.15) is 0 Å². The van der Waals surface area contributed by atoms with Crippen LogP contribution in [-0.4, -0.2) is 21.6 Å². The van der Waals surface area contributed by atoms with E-state index in [1.54, 1.807) is 11.8 Å². The highest BCUT2D eigenvalue weighted by atomic mass is 32.2. The van der Waals surface area contributed by atoms with E-state index in [0.29, 0.717) is 0 Å². The minimum Gasteiger partial charge on any atom is -0.355 e. The van der Waals surface area contributed by atoms with Crippen LogP contribution in [0.2, 0.25) is 0 Å². The quantitative estimate of drug-likeness (QED) is 0.665. The van der Waals surface area contributed by atoms with Gasteiger partial charge in [-0.15, -0.1) is 0 Å². The molecule has 1 atom stereocenters. The second-order valence-electron chi connectivity index (χ2n) is 5.36. The summed E-state index contributed by atoms with van der Waals surface area (Å²) in [7, 11) is 0. The molecular formula is C18H20N4S. The summed E-state index contributed by atoms with van der Waals surface area (Å²) in [5.41, 5.74) is 5.07. The number of anilines is 2. The first-order valence-corrected chi connectivity index (χ1v) is 9.02. The first-order valence-electron chi connectivity index (χ1n) is 8.14. The van der Waals surface area contributed by atoms with Crippen LogP contribution in [0.15, 0.2) is 53.7 Å². The molecule has 0 radical (unpaired) electrons. The molecule has 2 aliphatic rings. The Balaban J connectivity index is 0.000000652. The molecule has 0 saturated heterocycles. The molecule has 2 aromatic carbocycles. The largest absolute Gasteiger partial charge is 0.355 e. The first kappa shape index (κ1) is 14.5. The number of nitrogens with one attached hydrogen (secondary N) is 1. The van der Waals surface area contributed by atoms with Crippen molar-refractivity contribution < 1.29 is 0 Å². The number of hydrogen-bond acceptors (Lipinski definition) is 4. The lowest BCUT2D eigenvalue weighted by Crippen LogP contribution is -2.33. The van der Waals surface area contributed by atoms with Crippen molar-refractivity contribution in [2.75, 3.05) is 16.8 Å². The van der Waals surface area contributed by atoms with Crippen LogP contribution in [0.1, 0.15) is 13.8 Å². The third-order valence-corrected chi connectivity index (χ3v) is 5.29. The summed E-state index contributed by atoms with van der Waals surface area (Å²) in [4.78, 5) is 7.23. The van der Waals surface area contributed by atoms with E-state index in [9.17, 15) is 0 Å². The van der Waals surface area contributed by atoms with Crippen LogP contribution in [0.5, 0.6) is 0 Å². The number of thioether (sulfide) groups is 1. The predicted molar refractivity (Wildman–Crippen MR) is 98.1 cm³/mol. The average Bonchev–Trinajstić information content (AvgIpc) is 3.07. The van der Waals surface area contributed by atoms with Gasteiger partial charge in [-0.2, -0.15) is 0 Å². The molecule has 5 heteroatoms. The van der Waals surface area contributed by atoms with Gasteiger partial charge in [0.25, 0.3) is 0 Å². The summed E-state index contributed by atoms with van der Waals surface area (Å²) >= 11 is 1.80. The number of imidazole rings is 1. The fourth-order valence-electron chi connectivity index (χ4n) is 3.18. The highest BCUT2D eigenvalue weighted by Gasteiger charge is 2.33. The van der Waals surface area contributed by atoms with Crippen LogP contribution < -0.4 is 10.2 Å². The monoisotopic (exact) mass is 324 g/mol. The number of nitrogens with zero attached hydrogens (tertiary/aromatic N) is 3. The molecule has 0 bridgehead atoms. The zero-order valence-corrected chi connectivity index (χ0v) is 14.2. The SMILES string of the molecule is CC.c1ccc2c(c1)NC1Sc3nc4ccccc4n3CCN21. The van der Waals surface area contributed by atoms with Gasteiger partial charge < -0.3 is 14.8 Å². The predicted octanol–water partition coefficient (Wildman–Crippen LogP) is 4.38. The Labute approximate surface area is 140 Å². The minimum absolute atomic E-state index is 0.237. The van der Waals surface area contributed by atoms with Crippen molar-refractivity contribution in [3.8, 4) is 0 Å². The van der Waals surface area contributed by atoms with E-state index < -0.39 is 0 Å². The van der Waals surface area contributed by atoms with Gasteiger partial charge >= 0.3 is 0 Å². The van der Waals surface area contributed by atoms with E-state index >= 15 is 0 Å². The summed E-state index contributed by atoms with van der Waals surface area (Å²) in [5.74, 6) is 0. The van der Waals surface area contributed by atoms with Crippen molar-refractivity contribution in [3.63, 3.8) is 0 Å². The van der Waals surface area contributed by atoms with E-state index in [2.05, 4.69) is 63.3 Å². The summed E-state index contributed by atoms with van der Waals surface area (Å²) in [6.07, 6.45) is 0. The second kappa shape index (κ2) is 5.81. The highest BCUT2D eigenvalue weighted by Crippen LogP contribution is 2.42. The minimum atomic E-state index is 0.237. The molecule has 3 aromatic rings. The highest BCUT2D eigenvalue weighted by molar-refractivity contribution is 8.00. The van der Waals surface area contributed by atoms with Crippen LogP contribution in [0.3, 0.4) is 0 Å². The number of benzene rings is 2. The van der Waals surface area contributed by atoms with Gasteiger partial charge in [-0.3, -0.25) is 0 Å². The Morgan fingerprint density at radius 1 is 1.04 bits per heavy atom. The van der Waals surface area contributed by atoms with Gasteiger partial charge in [-0.05, 0) is 36.0 Å². The van der Waals surface area contributed by atoms with Crippen molar-refractivity contribution in [2.24, 2.45) is 0 Å². The van der Waals surface area contributed by atoms with Crippen LogP contribution in [0, 0.1) is 0 Å². The summed E-state index contributed by atoms with van der Waals surface area (Å²) < 4.78 is 2.34. The maximum Gasteiger partial charge on any atom is 0.172 e. The van der Waals surface area contributed by atoms with Gasteiger partial charge in [-0.25, -0.2) is 4.98 Å². The van der Waals surface area contributed by atoms with Crippen LogP contribution in [0.25, 0.3) is 11.0 Å². The second-order valence-corrected chi connectivity index (χ2v) is 6.41. The number of aromatic nitrogens is 2. The van der Waals surface area contributed by atoms with E-state index in [1.165, 1.54) is 16.9 Å². The molecule has 1 aromatic heterocycles. The standard InChI is InChI=1S/C16H14N4S.C2H6/c1-3-7-13-11(5-1)17-15-19(13)9-10-20-14-8-4-2-6-12(14)18-16(20)21-15;1-2/h1-8,15,17H,9-10H2;1-2H3. The molecule has 0 aliphatic carbocycles. The number of hydrogen-bond donors (Lipinski definition) is 1. The molecule has 1 N–H and O–H groups in total. The lowest BCUT2D eigenvalue weighted by Gasteiger charge is -2.22. The van der Waals surface area contributed by atoms with E-state index in [1.807, 2.05) is 13.8 Å². The zero-order valence-electron chi connectivity index (χ0n) is 13.4. The summed E-state index contributed by atoms with van der Waals surface area (Å²) in [6, 6.07) is 16.9. The van der Waals surface area contributed by atoms with Crippen LogP contribution >= 0.6 is 11.8 Å². The third kappa shape index (κ3) is 2.27. The lowest BCUT2D eigenvalue weighted by molar-refractivity contribution is 0.650. The fraction of sp³-hybridized carbons (Fsp3) is 0.278. The van der Waals surface area contributed by atoms with Crippen LogP contribution in [0.4, 0.5) is 11.4 Å². The Bertz CT molecular complexity index is 842. The zero-order chi connectivity index (χ0) is 15.8. The maximum atomic E-state index is 4.80. The fourth-order valence-corrected chi connectivity index (χ4v) is 4.38.